The largest absolute Gasteiger partial charge is 0.396 e. The van der Waals surface area contributed by atoms with Crippen molar-refractivity contribution in [1.82, 2.24) is 10.6 Å². The molecule has 0 bridgehead atoms. The quantitative estimate of drug-likeness (QED) is 0.495. The zero-order chi connectivity index (χ0) is 14.8. The second-order valence-corrected chi connectivity index (χ2v) is 5.83. The lowest BCUT2D eigenvalue weighted by atomic mass is 10.1. The molecule has 1 fully saturated rings. The third kappa shape index (κ3) is 7.10. The van der Waals surface area contributed by atoms with Crippen LogP contribution in [0.1, 0.15) is 52.4 Å². The van der Waals surface area contributed by atoms with E-state index in [-0.39, 0.29) is 24.6 Å². The van der Waals surface area contributed by atoms with E-state index in [0.717, 1.165) is 12.8 Å². The first-order valence-electron chi connectivity index (χ1n) is 7.90. The Morgan fingerprint density at radius 3 is 2.50 bits per heavy atom. The Labute approximate surface area is 122 Å². The molecule has 1 aliphatic carbocycles. The van der Waals surface area contributed by atoms with Crippen molar-refractivity contribution in [2.75, 3.05) is 19.8 Å². The van der Waals surface area contributed by atoms with E-state index in [2.05, 4.69) is 10.6 Å². The number of rotatable bonds is 7. The highest BCUT2D eigenvalue weighted by molar-refractivity contribution is 5.74. The van der Waals surface area contributed by atoms with Gasteiger partial charge in [-0.3, -0.25) is 0 Å². The van der Waals surface area contributed by atoms with Crippen molar-refractivity contribution in [1.29, 1.82) is 0 Å². The van der Waals surface area contributed by atoms with Gasteiger partial charge in [0.25, 0.3) is 0 Å². The Morgan fingerprint density at radius 2 is 1.90 bits per heavy atom. The number of hydrogen-bond acceptors (Lipinski definition) is 3. The summed E-state index contributed by atoms with van der Waals surface area (Å²) < 4.78 is 5.80. The maximum absolute atomic E-state index is 11.6. The van der Waals surface area contributed by atoms with Gasteiger partial charge in [-0.1, -0.05) is 32.6 Å². The van der Waals surface area contributed by atoms with Crippen molar-refractivity contribution >= 4 is 6.03 Å². The van der Waals surface area contributed by atoms with E-state index in [4.69, 9.17) is 9.84 Å². The van der Waals surface area contributed by atoms with Crippen molar-refractivity contribution in [3.63, 3.8) is 0 Å². The monoisotopic (exact) mass is 286 g/mol. The molecule has 20 heavy (non-hydrogen) atoms. The van der Waals surface area contributed by atoms with Crippen LogP contribution in [0, 0.1) is 5.92 Å². The number of carbonyl (C=O) groups excluding carboxylic acids is 1. The standard InChI is InChI=1S/C15H30N2O3/c1-12(11-18)13(2)17-15(19)16-9-10-20-14-7-5-3-4-6-8-14/h12-14,18H,3-11H2,1-2H3,(H2,16,17,19). The van der Waals surface area contributed by atoms with Gasteiger partial charge < -0.3 is 20.5 Å². The van der Waals surface area contributed by atoms with Crippen LogP contribution in [0.25, 0.3) is 0 Å². The van der Waals surface area contributed by atoms with E-state index in [1.807, 2.05) is 13.8 Å². The topological polar surface area (TPSA) is 70.6 Å². The highest BCUT2D eigenvalue weighted by Gasteiger charge is 2.14. The molecule has 0 spiro atoms. The molecular formula is C15H30N2O3. The summed E-state index contributed by atoms with van der Waals surface area (Å²) in [4.78, 5) is 11.6. The molecule has 1 rings (SSSR count). The number of nitrogens with one attached hydrogen (secondary N) is 2. The van der Waals surface area contributed by atoms with Gasteiger partial charge in [-0.2, -0.15) is 0 Å². The molecule has 5 heteroatoms. The average Bonchev–Trinajstić information content (AvgIpc) is 2.71. The SMILES string of the molecule is CC(CO)C(C)NC(=O)NCCOC1CCCCCC1. The van der Waals surface area contributed by atoms with Crippen LogP contribution in [0.3, 0.4) is 0 Å². The van der Waals surface area contributed by atoms with Crippen LogP contribution >= 0.6 is 0 Å². The minimum absolute atomic E-state index is 0.0391. The molecule has 3 N–H and O–H groups in total. The van der Waals surface area contributed by atoms with Crippen molar-refractivity contribution in [3.05, 3.63) is 0 Å². The maximum atomic E-state index is 11.6. The molecule has 0 aromatic carbocycles. The molecule has 0 heterocycles. The first kappa shape index (κ1) is 17.2. The minimum Gasteiger partial charge on any atom is -0.396 e. The Morgan fingerprint density at radius 1 is 1.25 bits per heavy atom. The number of ether oxygens (including phenoxy) is 1. The second kappa shape index (κ2) is 10.00. The number of amides is 2. The van der Waals surface area contributed by atoms with Gasteiger partial charge in [0.1, 0.15) is 0 Å². The van der Waals surface area contributed by atoms with Gasteiger partial charge in [0.2, 0.25) is 0 Å². The predicted molar refractivity (Wildman–Crippen MR) is 79.7 cm³/mol. The fraction of sp³-hybridized carbons (Fsp3) is 0.933. The third-order valence-corrected chi connectivity index (χ3v) is 4.04. The van der Waals surface area contributed by atoms with Gasteiger partial charge in [0.05, 0.1) is 12.7 Å². The first-order valence-corrected chi connectivity index (χ1v) is 7.90. The number of aliphatic hydroxyl groups excluding tert-OH is 1. The molecule has 0 saturated heterocycles. The minimum atomic E-state index is -0.192. The molecule has 0 aromatic heterocycles. The predicted octanol–water partition coefficient (Wildman–Crippen LogP) is 2.04. The molecule has 2 unspecified atom stereocenters. The fourth-order valence-electron chi connectivity index (χ4n) is 2.36. The number of urea groups is 1. The second-order valence-electron chi connectivity index (χ2n) is 5.83. The van der Waals surface area contributed by atoms with Crippen LogP contribution in [-0.4, -0.2) is 43.0 Å². The maximum Gasteiger partial charge on any atom is 0.315 e. The van der Waals surface area contributed by atoms with Gasteiger partial charge in [-0.05, 0) is 25.7 Å². The number of hydrogen-bond donors (Lipinski definition) is 3. The van der Waals surface area contributed by atoms with Gasteiger partial charge in [-0.25, -0.2) is 4.79 Å². The molecule has 2 amide bonds. The first-order chi connectivity index (χ1) is 9.63. The van der Waals surface area contributed by atoms with Crippen LogP contribution in [0.5, 0.6) is 0 Å². The summed E-state index contributed by atoms with van der Waals surface area (Å²) in [5.74, 6) is 0.0583. The Balaban J connectivity index is 2.06. The summed E-state index contributed by atoms with van der Waals surface area (Å²) in [5.41, 5.74) is 0. The van der Waals surface area contributed by atoms with Crippen molar-refractivity contribution in [3.8, 4) is 0 Å². The average molecular weight is 286 g/mol. The lowest BCUT2D eigenvalue weighted by Gasteiger charge is -2.20. The Kier molecular flexibility index (Phi) is 8.62. The molecule has 2 atom stereocenters. The Hall–Kier alpha value is -0.810. The highest BCUT2D eigenvalue weighted by Crippen LogP contribution is 2.19. The van der Waals surface area contributed by atoms with Gasteiger partial charge in [-0.15, -0.1) is 0 Å². The molecule has 1 aliphatic rings. The van der Waals surface area contributed by atoms with Crippen LogP contribution in [0.2, 0.25) is 0 Å². The van der Waals surface area contributed by atoms with E-state index in [1.165, 1.54) is 25.7 Å². The molecular weight excluding hydrogens is 256 g/mol. The molecule has 0 aromatic rings. The van der Waals surface area contributed by atoms with Crippen LogP contribution < -0.4 is 10.6 Å². The third-order valence-electron chi connectivity index (χ3n) is 4.04. The summed E-state index contributed by atoms with van der Waals surface area (Å²) in [6.07, 6.45) is 7.83. The Bertz CT molecular complexity index is 266. The van der Waals surface area contributed by atoms with Crippen molar-refractivity contribution < 1.29 is 14.6 Å². The summed E-state index contributed by atoms with van der Waals surface area (Å²) in [7, 11) is 0. The lowest BCUT2D eigenvalue weighted by Crippen LogP contribution is -2.45. The van der Waals surface area contributed by atoms with E-state index >= 15 is 0 Å². The van der Waals surface area contributed by atoms with Gasteiger partial charge >= 0.3 is 6.03 Å². The van der Waals surface area contributed by atoms with E-state index in [1.54, 1.807) is 0 Å². The summed E-state index contributed by atoms with van der Waals surface area (Å²) in [5, 5.41) is 14.6. The smallest absolute Gasteiger partial charge is 0.315 e. The normalized spacial score (nSPS) is 19.9. The fourth-order valence-corrected chi connectivity index (χ4v) is 2.36. The van der Waals surface area contributed by atoms with Crippen molar-refractivity contribution in [2.45, 2.75) is 64.5 Å². The van der Waals surface area contributed by atoms with Crippen molar-refractivity contribution in [2.24, 2.45) is 5.92 Å². The van der Waals surface area contributed by atoms with Gasteiger partial charge in [0, 0.05) is 19.2 Å². The number of aliphatic hydroxyl groups is 1. The molecule has 0 aliphatic heterocycles. The van der Waals surface area contributed by atoms with E-state index < -0.39 is 0 Å². The van der Waals surface area contributed by atoms with Gasteiger partial charge in [0.15, 0.2) is 0 Å². The molecule has 5 nitrogen and oxygen atoms in total. The van der Waals surface area contributed by atoms with E-state index in [9.17, 15) is 4.79 Å². The summed E-state index contributed by atoms with van der Waals surface area (Å²) >= 11 is 0. The van der Waals surface area contributed by atoms with E-state index in [0.29, 0.717) is 19.3 Å². The summed E-state index contributed by atoms with van der Waals surface area (Å²) in [6.45, 7) is 4.97. The molecule has 0 radical (unpaired) electrons. The van der Waals surface area contributed by atoms with Crippen LogP contribution in [-0.2, 0) is 4.74 Å². The van der Waals surface area contributed by atoms with Crippen LogP contribution in [0.4, 0.5) is 4.79 Å². The molecule has 118 valence electrons. The summed E-state index contributed by atoms with van der Waals surface area (Å²) in [6, 6.07) is -0.231. The van der Waals surface area contributed by atoms with Crippen LogP contribution in [0.15, 0.2) is 0 Å². The molecule has 1 saturated carbocycles. The zero-order valence-electron chi connectivity index (χ0n) is 12.9. The highest BCUT2D eigenvalue weighted by atomic mass is 16.5. The number of carbonyl (C=O) groups is 1. The lowest BCUT2D eigenvalue weighted by molar-refractivity contribution is 0.0460. The zero-order valence-corrected chi connectivity index (χ0v) is 12.9.